The van der Waals surface area contributed by atoms with Crippen LogP contribution in [0.15, 0.2) is 60.8 Å². The molecule has 2 heterocycles. The van der Waals surface area contributed by atoms with Crippen molar-refractivity contribution in [3.8, 4) is 11.4 Å². The molecule has 0 saturated carbocycles. The monoisotopic (exact) mass is 467 g/mol. The lowest BCUT2D eigenvalue weighted by molar-refractivity contribution is 0.0993. The van der Waals surface area contributed by atoms with Gasteiger partial charge < -0.3 is 15.8 Å². The summed E-state index contributed by atoms with van der Waals surface area (Å²) < 4.78 is 7.24. The number of nitrogens with two attached hydrogens (primary N) is 1. The van der Waals surface area contributed by atoms with Crippen molar-refractivity contribution < 1.29 is 14.3 Å². The predicted octanol–water partition coefficient (Wildman–Crippen LogP) is 4.22. The molecule has 10 heteroatoms. The number of halogens is 1. The van der Waals surface area contributed by atoms with E-state index in [-0.39, 0.29) is 18.2 Å². The fourth-order valence-corrected chi connectivity index (χ4v) is 3.88. The third kappa shape index (κ3) is 4.96. The van der Waals surface area contributed by atoms with E-state index in [0.29, 0.717) is 32.0 Å². The number of aryl methyl sites for hydroxylation is 1. The molecule has 4 rings (SSSR count). The first kappa shape index (κ1) is 21.5. The van der Waals surface area contributed by atoms with Crippen molar-refractivity contribution in [1.82, 2.24) is 14.8 Å². The molecule has 0 fully saturated rings. The number of nitrogens with one attached hydrogen (secondary N) is 1. The first-order valence-corrected chi connectivity index (χ1v) is 10.7. The first-order chi connectivity index (χ1) is 15.4. The van der Waals surface area contributed by atoms with Crippen LogP contribution in [0.25, 0.3) is 5.69 Å². The van der Waals surface area contributed by atoms with Gasteiger partial charge in [0.15, 0.2) is 0 Å². The van der Waals surface area contributed by atoms with Crippen molar-refractivity contribution in [2.24, 2.45) is 5.73 Å². The molecule has 2 amide bonds. The van der Waals surface area contributed by atoms with E-state index in [1.54, 1.807) is 67.7 Å². The number of amides is 2. The number of aromatic nitrogens is 3. The Morgan fingerprint density at radius 1 is 1.12 bits per heavy atom. The van der Waals surface area contributed by atoms with Crippen LogP contribution in [-0.2, 0) is 6.61 Å². The number of nitrogens with zero attached hydrogens (tertiary/aromatic N) is 3. The average molecular weight is 468 g/mol. The summed E-state index contributed by atoms with van der Waals surface area (Å²) in [6.45, 7) is 2.04. The Hall–Kier alpha value is -3.69. The Bertz CT molecular complexity index is 1270. The topological polar surface area (TPSA) is 112 Å². The Labute approximate surface area is 192 Å². The van der Waals surface area contributed by atoms with Gasteiger partial charge in [0.1, 0.15) is 27.9 Å². The molecule has 2 aromatic heterocycles. The quantitative estimate of drug-likeness (QED) is 0.422. The van der Waals surface area contributed by atoms with Gasteiger partial charge in [0.2, 0.25) is 0 Å². The van der Waals surface area contributed by atoms with Crippen LogP contribution >= 0.6 is 22.9 Å². The van der Waals surface area contributed by atoms with E-state index in [4.69, 9.17) is 22.1 Å². The van der Waals surface area contributed by atoms with Gasteiger partial charge in [-0.05, 0) is 61.5 Å². The molecule has 4 aromatic rings. The molecule has 0 radical (unpaired) electrons. The van der Waals surface area contributed by atoms with Crippen molar-refractivity contribution >= 4 is 40.4 Å². The number of hydrogen-bond acceptors (Lipinski definition) is 6. The summed E-state index contributed by atoms with van der Waals surface area (Å²) in [5, 5.41) is 8.30. The van der Waals surface area contributed by atoms with Crippen LogP contribution in [0.5, 0.6) is 5.75 Å². The molecular weight excluding hydrogens is 450 g/mol. The van der Waals surface area contributed by atoms with Crippen LogP contribution in [0, 0.1) is 6.92 Å². The normalized spacial score (nSPS) is 10.7. The number of carbonyl (C=O) groups is 2. The molecule has 0 aliphatic rings. The third-order valence-electron chi connectivity index (χ3n) is 4.45. The smallest absolute Gasteiger partial charge is 0.269 e. The number of ether oxygens (including phenoxy) is 1. The Kier molecular flexibility index (Phi) is 6.20. The summed E-state index contributed by atoms with van der Waals surface area (Å²) in [5.41, 5.74) is 7.39. The molecule has 0 aliphatic heterocycles. The van der Waals surface area contributed by atoms with Gasteiger partial charge in [-0.3, -0.25) is 9.59 Å². The summed E-state index contributed by atoms with van der Waals surface area (Å²) >= 11 is 7.16. The van der Waals surface area contributed by atoms with E-state index in [1.807, 2.05) is 0 Å². The van der Waals surface area contributed by atoms with Gasteiger partial charge in [-0.1, -0.05) is 11.6 Å². The summed E-state index contributed by atoms with van der Waals surface area (Å²) in [4.78, 5) is 28.9. The number of hydrogen-bond donors (Lipinski definition) is 2. The summed E-state index contributed by atoms with van der Waals surface area (Å²) in [6.07, 6.45) is 1.64. The van der Waals surface area contributed by atoms with E-state index in [2.05, 4.69) is 15.4 Å². The number of carbonyl (C=O) groups excluding carboxylic acids is 2. The van der Waals surface area contributed by atoms with Crippen molar-refractivity contribution in [2.45, 2.75) is 13.5 Å². The average Bonchev–Trinajstić information content (AvgIpc) is 3.41. The summed E-state index contributed by atoms with van der Waals surface area (Å²) in [7, 11) is 0. The minimum Gasteiger partial charge on any atom is -0.486 e. The van der Waals surface area contributed by atoms with Crippen LogP contribution < -0.4 is 15.8 Å². The molecule has 32 heavy (non-hydrogen) atoms. The van der Waals surface area contributed by atoms with E-state index in [9.17, 15) is 9.59 Å². The molecule has 0 aliphatic carbocycles. The maximum Gasteiger partial charge on any atom is 0.269 e. The number of thiazole rings is 1. The highest BCUT2D eigenvalue weighted by atomic mass is 35.5. The molecular formula is C22H18ClN5O3S. The van der Waals surface area contributed by atoms with Gasteiger partial charge in [-0.2, -0.15) is 5.10 Å². The van der Waals surface area contributed by atoms with Gasteiger partial charge in [-0.25, -0.2) is 9.67 Å². The molecule has 0 atom stereocenters. The van der Waals surface area contributed by atoms with E-state index in [1.165, 1.54) is 16.0 Å². The first-order valence-electron chi connectivity index (χ1n) is 9.51. The lowest BCUT2D eigenvalue weighted by Gasteiger charge is -2.06. The van der Waals surface area contributed by atoms with Crippen LogP contribution in [-0.4, -0.2) is 26.6 Å². The zero-order chi connectivity index (χ0) is 22.7. The van der Waals surface area contributed by atoms with Gasteiger partial charge in [-0.15, -0.1) is 11.3 Å². The van der Waals surface area contributed by atoms with Gasteiger partial charge in [0.25, 0.3) is 11.8 Å². The minimum absolute atomic E-state index is 0.180. The van der Waals surface area contributed by atoms with Crippen LogP contribution in [0.2, 0.25) is 5.02 Å². The number of rotatable bonds is 7. The molecule has 0 unspecified atom stereocenters. The number of primary amides is 1. The van der Waals surface area contributed by atoms with Gasteiger partial charge in [0.05, 0.1) is 11.4 Å². The van der Waals surface area contributed by atoms with Crippen molar-refractivity contribution in [3.05, 3.63) is 87.1 Å². The molecule has 162 valence electrons. The zero-order valence-corrected chi connectivity index (χ0v) is 18.5. The fraction of sp³-hybridized carbons (Fsp3) is 0.0909. The zero-order valence-electron chi connectivity index (χ0n) is 16.9. The van der Waals surface area contributed by atoms with Crippen LogP contribution in [0.3, 0.4) is 0 Å². The number of benzene rings is 2. The second-order valence-electron chi connectivity index (χ2n) is 6.78. The summed E-state index contributed by atoms with van der Waals surface area (Å²) in [5.74, 6) is -0.167. The molecule has 0 spiro atoms. The second-order valence-corrected chi connectivity index (χ2v) is 8.30. The highest BCUT2D eigenvalue weighted by Gasteiger charge is 2.16. The maximum atomic E-state index is 12.7. The third-order valence-corrected chi connectivity index (χ3v) is 5.84. The van der Waals surface area contributed by atoms with Gasteiger partial charge in [0, 0.05) is 16.9 Å². The Balaban J connectivity index is 1.40. The second kappa shape index (κ2) is 9.21. The maximum absolute atomic E-state index is 12.7. The fourth-order valence-electron chi connectivity index (χ4n) is 2.89. The van der Waals surface area contributed by atoms with E-state index < -0.39 is 5.91 Å². The van der Waals surface area contributed by atoms with Gasteiger partial charge >= 0.3 is 0 Å². The Morgan fingerprint density at radius 3 is 2.50 bits per heavy atom. The largest absolute Gasteiger partial charge is 0.486 e. The number of anilines is 1. The van der Waals surface area contributed by atoms with Crippen molar-refractivity contribution in [3.63, 3.8) is 0 Å². The van der Waals surface area contributed by atoms with Crippen molar-refractivity contribution in [1.29, 1.82) is 0 Å². The summed E-state index contributed by atoms with van der Waals surface area (Å²) in [6, 6.07) is 15.6. The molecule has 8 nitrogen and oxygen atoms in total. The minimum atomic E-state index is -0.592. The predicted molar refractivity (Wildman–Crippen MR) is 123 cm³/mol. The van der Waals surface area contributed by atoms with Crippen LogP contribution in [0.4, 0.5) is 5.69 Å². The van der Waals surface area contributed by atoms with Crippen LogP contribution in [0.1, 0.15) is 30.9 Å². The lowest BCUT2D eigenvalue weighted by atomic mass is 10.2. The lowest BCUT2D eigenvalue weighted by Crippen LogP contribution is -2.12. The molecule has 0 saturated heterocycles. The van der Waals surface area contributed by atoms with Crippen molar-refractivity contribution in [2.75, 3.05) is 5.32 Å². The Morgan fingerprint density at radius 2 is 1.84 bits per heavy atom. The SMILES string of the molecule is Cc1nc(COc2ccc(Cl)cc2)sc1C(=O)Nc1ccc(-n2ccc(C(N)=O)n2)cc1. The molecule has 2 aromatic carbocycles. The van der Waals surface area contributed by atoms with E-state index in [0.717, 1.165) is 5.69 Å². The molecule has 0 bridgehead atoms. The highest BCUT2D eigenvalue weighted by molar-refractivity contribution is 7.13. The molecule has 3 N–H and O–H groups in total. The standard InChI is InChI=1S/C22H18ClN5O3S/c1-13-20(32-19(25-13)12-31-17-8-2-14(23)3-9-17)22(30)26-15-4-6-16(7-5-15)28-11-10-18(27-28)21(24)29/h2-11H,12H2,1H3,(H2,24,29)(H,26,30). The highest BCUT2D eigenvalue weighted by Crippen LogP contribution is 2.23. The van der Waals surface area contributed by atoms with E-state index >= 15 is 0 Å².